The summed E-state index contributed by atoms with van der Waals surface area (Å²) in [7, 11) is 0. The van der Waals surface area contributed by atoms with Crippen LogP contribution in [0.1, 0.15) is 30.0 Å². The fourth-order valence-electron chi connectivity index (χ4n) is 0.940. The number of rotatable bonds is 4. The molecule has 1 rings (SSSR count). The van der Waals surface area contributed by atoms with E-state index in [9.17, 15) is 4.79 Å². The van der Waals surface area contributed by atoms with Crippen LogP contribution in [0.2, 0.25) is 0 Å². The van der Waals surface area contributed by atoms with Crippen LogP contribution in [0.3, 0.4) is 0 Å². The summed E-state index contributed by atoms with van der Waals surface area (Å²) in [6.07, 6.45) is 1.69. The zero-order chi connectivity index (χ0) is 8.97. The molecule has 0 saturated heterocycles. The Morgan fingerprint density at radius 1 is 1.58 bits per heavy atom. The standard InChI is InChI=1S/C9H12O2S/c1-3-8-5-7(6-10)9(11-8)12-4-2/h5-6H,3-4H2,1-2H3. The summed E-state index contributed by atoms with van der Waals surface area (Å²) in [6.45, 7) is 4.04. The maximum Gasteiger partial charge on any atom is 0.170 e. The highest BCUT2D eigenvalue weighted by Crippen LogP contribution is 2.25. The van der Waals surface area contributed by atoms with Crippen molar-refractivity contribution in [2.75, 3.05) is 5.75 Å². The predicted molar refractivity (Wildman–Crippen MR) is 49.9 cm³/mol. The van der Waals surface area contributed by atoms with Gasteiger partial charge in [-0.2, -0.15) is 0 Å². The van der Waals surface area contributed by atoms with Crippen LogP contribution in [-0.4, -0.2) is 12.0 Å². The van der Waals surface area contributed by atoms with Gasteiger partial charge in [0.1, 0.15) is 5.76 Å². The summed E-state index contributed by atoms with van der Waals surface area (Å²) >= 11 is 1.56. The molecule has 0 amide bonds. The van der Waals surface area contributed by atoms with Crippen LogP contribution in [0, 0.1) is 0 Å². The first-order valence-electron chi connectivity index (χ1n) is 4.02. The average Bonchev–Trinajstić information content (AvgIpc) is 2.48. The molecular weight excluding hydrogens is 172 g/mol. The summed E-state index contributed by atoms with van der Waals surface area (Å²) in [4.78, 5) is 10.6. The second kappa shape index (κ2) is 4.36. The normalized spacial score (nSPS) is 10.2. The Morgan fingerprint density at radius 3 is 2.83 bits per heavy atom. The molecule has 1 aromatic heterocycles. The van der Waals surface area contributed by atoms with Crippen molar-refractivity contribution in [2.45, 2.75) is 25.4 Å². The molecule has 0 radical (unpaired) electrons. The molecule has 0 saturated carbocycles. The molecule has 0 unspecified atom stereocenters. The monoisotopic (exact) mass is 184 g/mol. The van der Waals surface area contributed by atoms with Gasteiger partial charge in [-0.25, -0.2) is 0 Å². The van der Waals surface area contributed by atoms with Gasteiger partial charge in [0, 0.05) is 6.42 Å². The molecule has 0 aliphatic rings. The third kappa shape index (κ3) is 1.91. The number of thioether (sulfide) groups is 1. The van der Waals surface area contributed by atoms with Crippen molar-refractivity contribution in [3.63, 3.8) is 0 Å². The van der Waals surface area contributed by atoms with Gasteiger partial charge >= 0.3 is 0 Å². The van der Waals surface area contributed by atoms with Crippen LogP contribution in [0.5, 0.6) is 0 Å². The summed E-state index contributed by atoms with van der Waals surface area (Å²) in [5.41, 5.74) is 0.679. The van der Waals surface area contributed by atoms with Gasteiger partial charge in [0.25, 0.3) is 0 Å². The Kier molecular flexibility index (Phi) is 3.41. The maximum atomic E-state index is 10.6. The van der Waals surface area contributed by atoms with Gasteiger partial charge in [-0.15, -0.1) is 0 Å². The Balaban J connectivity index is 2.91. The highest BCUT2D eigenvalue weighted by atomic mass is 32.2. The van der Waals surface area contributed by atoms with E-state index in [0.717, 1.165) is 29.3 Å². The maximum absolute atomic E-state index is 10.6. The molecule has 12 heavy (non-hydrogen) atoms. The minimum absolute atomic E-state index is 0.679. The lowest BCUT2D eigenvalue weighted by Gasteiger charge is -1.91. The van der Waals surface area contributed by atoms with Crippen molar-refractivity contribution in [2.24, 2.45) is 0 Å². The molecule has 0 aliphatic heterocycles. The Bertz CT molecular complexity index is 265. The van der Waals surface area contributed by atoms with Crippen LogP contribution in [0.4, 0.5) is 0 Å². The molecule has 0 bridgehead atoms. The predicted octanol–water partition coefficient (Wildman–Crippen LogP) is 2.77. The molecule has 0 fully saturated rings. The van der Waals surface area contributed by atoms with Crippen LogP contribution in [0.25, 0.3) is 0 Å². The molecule has 0 atom stereocenters. The van der Waals surface area contributed by atoms with Gasteiger partial charge in [-0.3, -0.25) is 4.79 Å². The van der Waals surface area contributed by atoms with E-state index in [1.165, 1.54) is 0 Å². The highest BCUT2D eigenvalue weighted by molar-refractivity contribution is 7.99. The number of aryl methyl sites for hydroxylation is 1. The topological polar surface area (TPSA) is 30.2 Å². The fraction of sp³-hybridized carbons (Fsp3) is 0.444. The number of hydrogen-bond donors (Lipinski definition) is 0. The lowest BCUT2D eigenvalue weighted by molar-refractivity contribution is 0.111. The number of aldehydes is 1. The second-order valence-electron chi connectivity index (χ2n) is 2.36. The molecule has 66 valence electrons. The number of carbonyl (C=O) groups excluding carboxylic acids is 1. The van der Waals surface area contributed by atoms with Gasteiger partial charge in [0.2, 0.25) is 0 Å². The second-order valence-corrected chi connectivity index (χ2v) is 3.60. The van der Waals surface area contributed by atoms with Crippen molar-refractivity contribution in [3.05, 3.63) is 17.4 Å². The lowest BCUT2D eigenvalue weighted by atomic mass is 10.3. The van der Waals surface area contributed by atoms with Crippen molar-refractivity contribution in [1.29, 1.82) is 0 Å². The van der Waals surface area contributed by atoms with E-state index in [1.54, 1.807) is 11.8 Å². The SMILES string of the molecule is CCSc1oc(CC)cc1C=O. The third-order valence-electron chi connectivity index (χ3n) is 1.53. The molecular formula is C9H12O2S. The summed E-state index contributed by atoms with van der Waals surface area (Å²) < 4.78 is 5.43. The van der Waals surface area contributed by atoms with Gasteiger partial charge < -0.3 is 4.42 Å². The van der Waals surface area contributed by atoms with Gasteiger partial charge in [0.05, 0.1) is 5.56 Å². The molecule has 1 aromatic rings. The van der Waals surface area contributed by atoms with Crippen LogP contribution >= 0.6 is 11.8 Å². The first kappa shape index (κ1) is 9.39. The molecule has 0 aliphatic carbocycles. The van der Waals surface area contributed by atoms with Gasteiger partial charge in [0.15, 0.2) is 11.4 Å². The van der Waals surface area contributed by atoms with E-state index in [2.05, 4.69) is 0 Å². The number of furan rings is 1. The van der Waals surface area contributed by atoms with Gasteiger partial charge in [-0.1, -0.05) is 25.6 Å². The molecule has 0 spiro atoms. The molecule has 3 heteroatoms. The third-order valence-corrected chi connectivity index (χ3v) is 2.40. The van der Waals surface area contributed by atoms with Crippen molar-refractivity contribution in [3.8, 4) is 0 Å². The minimum atomic E-state index is 0.679. The highest BCUT2D eigenvalue weighted by Gasteiger charge is 2.08. The van der Waals surface area contributed by atoms with E-state index in [0.29, 0.717) is 5.56 Å². The van der Waals surface area contributed by atoms with E-state index in [4.69, 9.17) is 4.42 Å². The van der Waals surface area contributed by atoms with Crippen LogP contribution < -0.4 is 0 Å². The van der Waals surface area contributed by atoms with E-state index in [-0.39, 0.29) is 0 Å². The van der Waals surface area contributed by atoms with Crippen LogP contribution in [-0.2, 0) is 6.42 Å². The Hall–Kier alpha value is -0.700. The largest absolute Gasteiger partial charge is 0.454 e. The number of carbonyl (C=O) groups is 1. The summed E-state index contributed by atoms with van der Waals surface area (Å²) in [5.74, 6) is 1.81. The first-order chi connectivity index (χ1) is 5.81. The van der Waals surface area contributed by atoms with Gasteiger partial charge in [-0.05, 0) is 11.8 Å². The van der Waals surface area contributed by atoms with Crippen molar-refractivity contribution in [1.82, 2.24) is 0 Å². The average molecular weight is 184 g/mol. The zero-order valence-electron chi connectivity index (χ0n) is 7.29. The smallest absolute Gasteiger partial charge is 0.170 e. The first-order valence-corrected chi connectivity index (χ1v) is 5.01. The zero-order valence-corrected chi connectivity index (χ0v) is 8.11. The Morgan fingerprint density at radius 2 is 2.33 bits per heavy atom. The quantitative estimate of drug-likeness (QED) is 0.532. The van der Waals surface area contributed by atoms with E-state index < -0.39 is 0 Å². The molecule has 0 aromatic carbocycles. The molecule has 2 nitrogen and oxygen atoms in total. The molecule has 1 heterocycles. The molecule has 0 N–H and O–H groups in total. The Labute approximate surface area is 76.3 Å². The van der Waals surface area contributed by atoms with Crippen molar-refractivity contribution < 1.29 is 9.21 Å². The van der Waals surface area contributed by atoms with E-state index in [1.807, 2.05) is 19.9 Å². The van der Waals surface area contributed by atoms with Crippen LogP contribution in [0.15, 0.2) is 15.6 Å². The summed E-state index contributed by atoms with van der Waals surface area (Å²) in [5, 5.41) is 0.754. The van der Waals surface area contributed by atoms with Crippen molar-refractivity contribution >= 4 is 18.0 Å². The van der Waals surface area contributed by atoms with E-state index >= 15 is 0 Å². The minimum Gasteiger partial charge on any atom is -0.454 e. The fourth-order valence-corrected chi connectivity index (χ4v) is 1.64. The number of hydrogen-bond acceptors (Lipinski definition) is 3. The summed E-state index contributed by atoms with van der Waals surface area (Å²) in [6, 6.07) is 1.81. The lowest BCUT2D eigenvalue weighted by Crippen LogP contribution is -1.76.